The zero-order valence-electron chi connectivity index (χ0n) is 17.2. The first-order valence-electron chi connectivity index (χ1n) is 10.1. The van der Waals surface area contributed by atoms with Crippen molar-refractivity contribution in [2.75, 3.05) is 18.0 Å². The Morgan fingerprint density at radius 2 is 2.00 bits per heavy atom. The van der Waals surface area contributed by atoms with Crippen molar-refractivity contribution >= 4 is 40.3 Å². The van der Waals surface area contributed by atoms with Gasteiger partial charge in [-0.3, -0.25) is 9.48 Å². The van der Waals surface area contributed by atoms with E-state index in [9.17, 15) is 9.90 Å². The number of Topliss-reactive ketones (excluding diaryl/α,β-unsaturated/α-hetero) is 1. The summed E-state index contributed by atoms with van der Waals surface area (Å²) in [5, 5.41) is 19.7. The molecule has 0 saturated carbocycles. The van der Waals surface area contributed by atoms with Gasteiger partial charge in [0.05, 0.1) is 6.20 Å². The summed E-state index contributed by atoms with van der Waals surface area (Å²) in [6.45, 7) is 1.35. The summed E-state index contributed by atoms with van der Waals surface area (Å²) >= 11 is 12.0. The fraction of sp³-hybridized carbons (Fsp3) is 0.273. The quantitative estimate of drug-likeness (QED) is 0.463. The van der Waals surface area contributed by atoms with Crippen LogP contribution >= 0.6 is 23.2 Å². The van der Waals surface area contributed by atoms with Gasteiger partial charge in [-0.2, -0.15) is 10.2 Å². The van der Waals surface area contributed by atoms with Crippen LogP contribution in [0.25, 0.3) is 16.6 Å². The van der Waals surface area contributed by atoms with E-state index in [1.165, 1.54) is 12.4 Å². The molecule has 1 unspecified atom stereocenters. The number of carbonyl (C=O) groups excluding carboxylic acids is 1. The van der Waals surface area contributed by atoms with Gasteiger partial charge >= 0.3 is 0 Å². The third-order valence-electron chi connectivity index (χ3n) is 5.73. The second-order valence-corrected chi connectivity index (χ2v) is 8.90. The number of benzene rings is 1. The highest BCUT2D eigenvalue weighted by molar-refractivity contribution is 6.35. The number of carbonyl (C=O) groups is 1. The average Bonchev–Trinajstić information content (AvgIpc) is 3.35. The van der Waals surface area contributed by atoms with Gasteiger partial charge in [-0.05, 0) is 18.2 Å². The van der Waals surface area contributed by atoms with E-state index in [-0.39, 0.29) is 23.1 Å². The van der Waals surface area contributed by atoms with Crippen molar-refractivity contribution in [1.82, 2.24) is 24.4 Å². The number of hydrogen-bond donors (Lipinski definition) is 1. The Morgan fingerprint density at radius 1 is 1.19 bits per heavy atom. The maximum atomic E-state index is 12.6. The van der Waals surface area contributed by atoms with Crippen molar-refractivity contribution in [2.24, 2.45) is 13.0 Å². The van der Waals surface area contributed by atoms with Gasteiger partial charge < -0.3 is 10.0 Å². The molecule has 1 saturated heterocycles. The maximum absolute atomic E-state index is 12.6. The summed E-state index contributed by atoms with van der Waals surface area (Å²) < 4.78 is 3.56. The van der Waals surface area contributed by atoms with E-state index < -0.39 is 6.10 Å². The van der Waals surface area contributed by atoms with Gasteiger partial charge in [0.1, 0.15) is 17.9 Å². The normalized spacial score (nSPS) is 15.2. The molecule has 1 aliphatic heterocycles. The molecule has 0 bridgehead atoms. The second kappa shape index (κ2) is 8.20. The van der Waals surface area contributed by atoms with Gasteiger partial charge in [0.15, 0.2) is 11.6 Å². The lowest BCUT2D eigenvalue weighted by Gasteiger charge is -2.40. The molecule has 1 aromatic carbocycles. The fourth-order valence-corrected chi connectivity index (χ4v) is 4.57. The van der Waals surface area contributed by atoms with Gasteiger partial charge in [-0.1, -0.05) is 29.3 Å². The molecule has 10 heteroatoms. The minimum Gasteiger partial charge on any atom is -0.380 e. The van der Waals surface area contributed by atoms with Gasteiger partial charge in [-0.15, -0.1) is 0 Å². The minimum absolute atomic E-state index is 0.131. The molecule has 4 aromatic rings. The molecule has 1 fully saturated rings. The zero-order chi connectivity index (χ0) is 22.4. The Hall–Kier alpha value is -2.94. The van der Waals surface area contributed by atoms with Crippen molar-refractivity contribution in [1.29, 1.82) is 0 Å². The smallest absolute Gasteiger partial charge is 0.166 e. The number of aliphatic hydroxyl groups excluding tert-OH is 1. The molecule has 8 nitrogen and oxygen atoms in total. The van der Waals surface area contributed by atoms with E-state index in [4.69, 9.17) is 23.2 Å². The molecule has 32 heavy (non-hydrogen) atoms. The largest absolute Gasteiger partial charge is 0.380 e. The number of halogens is 2. The first-order valence-corrected chi connectivity index (χ1v) is 10.9. The van der Waals surface area contributed by atoms with Crippen molar-refractivity contribution in [3.63, 3.8) is 0 Å². The predicted molar refractivity (Wildman–Crippen MR) is 122 cm³/mol. The molecular formula is C22H20Cl2N6O2. The summed E-state index contributed by atoms with van der Waals surface area (Å²) in [6, 6.07) is 6.77. The van der Waals surface area contributed by atoms with E-state index in [2.05, 4.69) is 20.1 Å². The highest BCUT2D eigenvalue weighted by Crippen LogP contribution is 2.33. The first-order chi connectivity index (χ1) is 15.4. The molecule has 0 aliphatic carbocycles. The van der Waals surface area contributed by atoms with Crippen LogP contribution in [-0.4, -0.2) is 48.4 Å². The Bertz CT molecular complexity index is 1310. The number of aryl methyl sites for hydroxylation is 1. The second-order valence-electron chi connectivity index (χ2n) is 8.05. The number of rotatable bonds is 6. The lowest BCUT2D eigenvalue weighted by molar-refractivity contribution is -0.128. The number of aliphatic hydroxyl groups is 1. The van der Waals surface area contributed by atoms with Crippen molar-refractivity contribution in [3.8, 4) is 11.1 Å². The molecule has 164 valence electrons. The summed E-state index contributed by atoms with van der Waals surface area (Å²) in [5.74, 6) is 0.694. The van der Waals surface area contributed by atoms with E-state index in [0.29, 0.717) is 23.7 Å². The zero-order valence-corrected chi connectivity index (χ0v) is 18.7. The average molecular weight is 471 g/mol. The molecule has 5 rings (SSSR count). The van der Waals surface area contributed by atoms with Crippen LogP contribution in [0.2, 0.25) is 10.0 Å². The molecule has 1 aliphatic rings. The lowest BCUT2D eigenvalue weighted by atomic mass is 9.90. The molecule has 0 radical (unpaired) electrons. The molecular weight excluding hydrogens is 451 g/mol. The van der Waals surface area contributed by atoms with Crippen molar-refractivity contribution in [2.45, 2.75) is 12.5 Å². The predicted octanol–water partition coefficient (Wildman–Crippen LogP) is 3.57. The van der Waals surface area contributed by atoms with E-state index in [0.717, 1.165) is 22.5 Å². The SMILES string of the molecule is Cn1cc(-c2cc3c(N4CC(CC(=O)C(O)c5ccc(Cl)cc5Cl)C4)ncnn3c2)cn1. The molecule has 0 spiro atoms. The van der Waals surface area contributed by atoms with Crippen LogP contribution in [0, 0.1) is 5.92 Å². The number of anilines is 1. The van der Waals surface area contributed by atoms with Gasteiger partial charge in [0, 0.05) is 71.6 Å². The Labute approximate surface area is 194 Å². The van der Waals surface area contributed by atoms with Gasteiger partial charge in [0.2, 0.25) is 0 Å². The summed E-state index contributed by atoms with van der Waals surface area (Å²) in [5.41, 5.74) is 3.29. The molecule has 3 aromatic heterocycles. The van der Waals surface area contributed by atoms with Crippen LogP contribution in [-0.2, 0) is 11.8 Å². The van der Waals surface area contributed by atoms with Crippen LogP contribution < -0.4 is 4.90 Å². The van der Waals surface area contributed by atoms with E-state index >= 15 is 0 Å². The summed E-state index contributed by atoms with van der Waals surface area (Å²) in [7, 11) is 1.88. The first kappa shape index (κ1) is 20.9. The Morgan fingerprint density at radius 3 is 2.72 bits per heavy atom. The highest BCUT2D eigenvalue weighted by Gasteiger charge is 2.33. The van der Waals surface area contributed by atoms with Crippen LogP contribution in [0.15, 0.2) is 49.2 Å². The number of fused-ring (bicyclic) bond motifs is 1. The van der Waals surface area contributed by atoms with Crippen molar-refractivity contribution in [3.05, 3.63) is 64.8 Å². The minimum atomic E-state index is -1.26. The van der Waals surface area contributed by atoms with Gasteiger partial charge in [0.25, 0.3) is 0 Å². The van der Waals surface area contributed by atoms with E-state index in [1.807, 2.05) is 31.7 Å². The third kappa shape index (κ3) is 3.85. The van der Waals surface area contributed by atoms with Crippen LogP contribution in [0.5, 0.6) is 0 Å². The lowest BCUT2D eigenvalue weighted by Crippen LogP contribution is -2.48. The van der Waals surface area contributed by atoms with Crippen molar-refractivity contribution < 1.29 is 9.90 Å². The number of aromatic nitrogens is 5. The van der Waals surface area contributed by atoms with E-state index in [1.54, 1.807) is 21.3 Å². The number of ketones is 1. The Kier molecular flexibility index (Phi) is 5.36. The Balaban J connectivity index is 1.27. The molecule has 1 atom stereocenters. The molecule has 4 heterocycles. The highest BCUT2D eigenvalue weighted by atomic mass is 35.5. The number of nitrogens with zero attached hydrogens (tertiary/aromatic N) is 6. The van der Waals surface area contributed by atoms with Crippen LogP contribution in [0.4, 0.5) is 5.82 Å². The van der Waals surface area contributed by atoms with Gasteiger partial charge in [-0.25, -0.2) is 9.50 Å². The van der Waals surface area contributed by atoms with Crippen LogP contribution in [0.1, 0.15) is 18.1 Å². The fourth-order valence-electron chi connectivity index (χ4n) is 4.05. The standard InChI is InChI=1S/C22H20Cl2N6O2/c1-28-10-15(7-26-28)14-5-19-22(25-12-27-30(19)11-14)29-8-13(9-29)4-20(31)21(32)17-3-2-16(23)6-18(17)24/h2-3,5-7,10-13,21,32H,4,8-9H2,1H3. The summed E-state index contributed by atoms with van der Waals surface area (Å²) in [4.78, 5) is 19.2. The third-order valence-corrected chi connectivity index (χ3v) is 6.29. The summed E-state index contributed by atoms with van der Waals surface area (Å²) in [6.07, 6.45) is 6.24. The molecule has 0 amide bonds. The topological polar surface area (TPSA) is 88.5 Å². The number of hydrogen-bond acceptors (Lipinski definition) is 6. The molecule has 1 N–H and O–H groups in total. The monoisotopic (exact) mass is 470 g/mol. The maximum Gasteiger partial charge on any atom is 0.166 e. The van der Waals surface area contributed by atoms with Crippen LogP contribution in [0.3, 0.4) is 0 Å².